The van der Waals surface area contributed by atoms with E-state index in [1.54, 1.807) is 0 Å². The minimum Gasteiger partial charge on any atom is -0.345 e. The molecule has 0 bridgehead atoms. The van der Waals surface area contributed by atoms with E-state index in [1.807, 2.05) is 13.8 Å². The second-order valence-electron chi connectivity index (χ2n) is 5.91. The third kappa shape index (κ3) is 7.04. The molecule has 0 aromatic rings. The number of nitrogens with one attached hydrogen (secondary N) is 1. The van der Waals surface area contributed by atoms with Gasteiger partial charge in [-0.3, -0.25) is 14.5 Å². The molecule has 0 spiro atoms. The monoisotopic (exact) mass is 284 g/mol. The third-order valence-corrected chi connectivity index (χ3v) is 3.91. The Morgan fingerprint density at radius 1 is 1.10 bits per heavy atom. The van der Waals surface area contributed by atoms with Crippen molar-refractivity contribution in [2.45, 2.75) is 60.4 Å². The van der Waals surface area contributed by atoms with Crippen LogP contribution >= 0.6 is 0 Å². The molecule has 0 rings (SSSR count). The molecule has 0 saturated heterocycles. The van der Waals surface area contributed by atoms with Crippen LogP contribution in [0, 0.1) is 11.8 Å². The van der Waals surface area contributed by atoms with E-state index in [4.69, 9.17) is 0 Å². The Morgan fingerprint density at radius 2 is 1.65 bits per heavy atom. The van der Waals surface area contributed by atoms with Crippen LogP contribution in [0.4, 0.5) is 0 Å². The van der Waals surface area contributed by atoms with Crippen molar-refractivity contribution in [2.75, 3.05) is 19.6 Å². The number of nitrogens with zero attached hydrogens (tertiary/aromatic N) is 1. The Morgan fingerprint density at radius 3 is 2.00 bits per heavy atom. The van der Waals surface area contributed by atoms with Crippen LogP contribution in [-0.2, 0) is 9.59 Å². The molecular formula is C16H32N2O2. The normalized spacial score (nSPS) is 13.1. The Kier molecular flexibility index (Phi) is 9.47. The Hall–Kier alpha value is -0.900. The highest BCUT2D eigenvalue weighted by Crippen LogP contribution is 2.10. The second-order valence-corrected chi connectivity index (χ2v) is 5.91. The fourth-order valence-electron chi connectivity index (χ4n) is 2.38. The maximum absolute atomic E-state index is 12.1. The van der Waals surface area contributed by atoms with E-state index in [9.17, 15) is 9.59 Å². The molecule has 0 radical (unpaired) electrons. The van der Waals surface area contributed by atoms with Gasteiger partial charge in [-0.05, 0) is 25.3 Å². The highest BCUT2D eigenvalue weighted by molar-refractivity contribution is 5.88. The smallest absolute Gasteiger partial charge is 0.234 e. The first-order valence-corrected chi connectivity index (χ1v) is 7.87. The summed E-state index contributed by atoms with van der Waals surface area (Å²) in [5.74, 6) is 0.741. The van der Waals surface area contributed by atoms with Gasteiger partial charge in [0.25, 0.3) is 0 Å². The number of carbonyl (C=O) groups excluding carboxylic acids is 2. The zero-order valence-corrected chi connectivity index (χ0v) is 14.0. The van der Waals surface area contributed by atoms with E-state index in [0.717, 1.165) is 25.9 Å². The maximum Gasteiger partial charge on any atom is 0.234 e. The van der Waals surface area contributed by atoms with Crippen molar-refractivity contribution in [3.05, 3.63) is 0 Å². The van der Waals surface area contributed by atoms with Gasteiger partial charge in [-0.15, -0.1) is 0 Å². The van der Waals surface area contributed by atoms with Gasteiger partial charge >= 0.3 is 0 Å². The van der Waals surface area contributed by atoms with Crippen LogP contribution in [-0.4, -0.2) is 42.3 Å². The van der Waals surface area contributed by atoms with E-state index >= 15 is 0 Å². The molecular weight excluding hydrogens is 252 g/mol. The highest BCUT2D eigenvalue weighted by Gasteiger charge is 2.21. The molecule has 1 amide bonds. The van der Waals surface area contributed by atoms with E-state index in [-0.39, 0.29) is 23.7 Å². The molecule has 0 aromatic carbocycles. The lowest BCUT2D eigenvalue weighted by Crippen LogP contribution is -2.48. The quantitative estimate of drug-likeness (QED) is 0.670. The maximum atomic E-state index is 12.1. The standard InChI is InChI=1S/C16H32N2O2/c1-7-14(8-2)10-18(9-3)11-15(20)17-16(12(4)5)13(6)19/h12,14,16H,7-11H2,1-6H3,(H,17,20). The molecule has 1 unspecified atom stereocenters. The fourth-order valence-corrected chi connectivity index (χ4v) is 2.38. The lowest BCUT2D eigenvalue weighted by Gasteiger charge is -2.26. The zero-order valence-electron chi connectivity index (χ0n) is 14.0. The first kappa shape index (κ1) is 19.1. The summed E-state index contributed by atoms with van der Waals surface area (Å²) in [5, 5.41) is 2.86. The molecule has 0 heterocycles. The van der Waals surface area contributed by atoms with Crippen LogP contribution in [0.25, 0.3) is 0 Å². The molecule has 0 aromatic heterocycles. The molecule has 0 saturated carbocycles. The van der Waals surface area contributed by atoms with Crippen LogP contribution in [0.1, 0.15) is 54.4 Å². The molecule has 0 aliphatic carbocycles. The molecule has 0 aliphatic rings. The summed E-state index contributed by atoms with van der Waals surface area (Å²) in [6.45, 7) is 14.1. The summed E-state index contributed by atoms with van der Waals surface area (Å²) in [4.78, 5) is 25.8. The number of likely N-dealkylation sites (N-methyl/N-ethyl adjacent to an activating group) is 1. The van der Waals surface area contributed by atoms with Crippen LogP contribution in [0.15, 0.2) is 0 Å². The van der Waals surface area contributed by atoms with E-state index < -0.39 is 0 Å². The number of ketones is 1. The van der Waals surface area contributed by atoms with Crippen molar-refractivity contribution in [1.29, 1.82) is 0 Å². The third-order valence-electron chi connectivity index (χ3n) is 3.91. The van der Waals surface area contributed by atoms with Crippen molar-refractivity contribution in [3.63, 3.8) is 0 Å². The largest absolute Gasteiger partial charge is 0.345 e. The lowest BCUT2D eigenvalue weighted by molar-refractivity contribution is -0.128. The summed E-state index contributed by atoms with van der Waals surface area (Å²) in [7, 11) is 0. The Bertz CT molecular complexity index is 299. The van der Waals surface area contributed by atoms with Crippen LogP contribution in [0.3, 0.4) is 0 Å². The predicted molar refractivity (Wildman–Crippen MR) is 83.6 cm³/mol. The minimum absolute atomic E-state index is 0.0244. The first-order chi connectivity index (χ1) is 9.35. The van der Waals surface area contributed by atoms with Crippen molar-refractivity contribution < 1.29 is 9.59 Å². The van der Waals surface area contributed by atoms with E-state index in [1.165, 1.54) is 6.92 Å². The highest BCUT2D eigenvalue weighted by atomic mass is 16.2. The fraction of sp³-hybridized carbons (Fsp3) is 0.875. The van der Waals surface area contributed by atoms with Gasteiger partial charge in [0.05, 0.1) is 12.6 Å². The summed E-state index contributed by atoms with van der Waals surface area (Å²) >= 11 is 0. The minimum atomic E-state index is -0.366. The van der Waals surface area contributed by atoms with Crippen molar-refractivity contribution in [3.8, 4) is 0 Å². The SMILES string of the molecule is CCC(CC)CN(CC)CC(=O)NC(C(C)=O)C(C)C. The molecule has 1 N–H and O–H groups in total. The average molecular weight is 284 g/mol. The number of hydrogen-bond donors (Lipinski definition) is 1. The molecule has 20 heavy (non-hydrogen) atoms. The van der Waals surface area contributed by atoms with Crippen LogP contribution < -0.4 is 5.32 Å². The van der Waals surface area contributed by atoms with Gasteiger partial charge < -0.3 is 5.32 Å². The number of Topliss-reactive ketones (excluding diaryl/α,β-unsaturated/α-hetero) is 1. The van der Waals surface area contributed by atoms with Gasteiger partial charge in [0.1, 0.15) is 0 Å². The van der Waals surface area contributed by atoms with Gasteiger partial charge in [0.15, 0.2) is 5.78 Å². The average Bonchev–Trinajstić information content (AvgIpc) is 2.39. The predicted octanol–water partition coefficient (Wildman–Crippen LogP) is 2.47. The lowest BCUT2D eigenvalue weighted by atomic mass is 10.0. The van der Waals surface area contributed by atoms with Gasteiger partial charge in [0.2, 0.25) is 5.91 Å². The van der Waals surface area contributed by atoms with Gasteiger partial charge in [-0.2, -0.15) is 0 Å². The van der Waals surface area contributed by atoms with Gasteiger partial charge in [-0.1, -0.05) is 47.5 Å². The molecule has 0 fully saturated rings. The summed E-state index contributed by atoms with van der Waals surface area (Å²) < 4.78 is 0. The topological polar surface area (TPSA) is 49.4 Å². The molecule has 4 nitrogen and oxygen atoms in total. The first-order valence-electron chi connectivity index (χ1n) is 7.87. The van der Waals surface area contributed by atoms with Crippen molar-refractivity contribution >= 4 is 11.7 Å². The number of amides is 1. The van der Waals surface area contributed by atoms with Gasteiger partial charge in [0, 0.05) is 6.54 Å². The van der Waals surface area contributed by atoms with E-state index in [0.29, 0.717) is 12.5 Å². The summed E-state index contributed by atoms with van der Waals surface area (Å²) in [6, 6.07) is -0.366. The van der Waals surface area contributed by atoms with Gasteiger partial charge in [-0.25, -0.2) is 0 Å². The Balaban J connectivity index is 4.44. The van der Waals surface area contributed by atoms with Crippen molar-refractivity contribution in [2.24, 2.45) is 11.8 Å². The summed E-state index contributed by atoms with van der Waals surface area (Å²) in [5.41, 5.74) is 0. The molecule has 0 aliphatic heterocycles. The number of rotatable bonds is 10. The van der Waals surface area contributed by atoms with Crippen molar-refractivity contribution in [1.82, 2.24) is 10.2 Å². The number of carbonyl (C=O) groups is 2. The molecule has 1 atom stereocenters. The second kappa shape index (κ2) is 9.92. The summed E-state index contributed by atoms with van der Waals surface area (Å²) in [6.07, 6.45) is 2.27. The van der Waals surface area contributed by atoms with Crippen LogP contribution in [0.2, 0.25) is 0 Å². The molecule has 4 heteroatoms. The Labute approximate surface area is 124 Å². The zero-order chi connectivity index (χ0) is 15.7. The van der Waals surface area contributed by atoms with E-state index in [2.05, 4.69) is 31.0 Å². The van der Waals surface area contributed by atoms with Crippen LogP contribution in [0.5, 0.6) is 0 Å². The number of hydrogen-bond acceptors (Lipinski definition) is 3. The molecule has 118 valence electrons.